The molecule has 5 rings (SSSR count). The zero-order chi connectivity index (χ0) is 23.6. The van der Waals surface area contributed by atoms with Crippen LogP contribution >= 0.6 is 57.7 Å². The van der Waals surface area contributed by atoms with Gasteiger partial charge in [0.1, 0.15) is 17.8 Å². The lowest BCUT2D eigenvalue weighted by Gasteiger charge is -2.49. The number of hydrogen-bond donors (Lipinski definition) is 0. The first-order chi connectivity index (χ1) is 15.8. The van der Waals surface area contributed by atoms with Crippen LogP contribution in [0.3, 0.4) is 0 Å². The summed E-state index contributed by atoms with van der Waals surface area (Å²) in [6.45, 7) is 0. The number of nitrogens with zero attached hydrogens (tertiary/aromatic N) is 2. The number of methoxy groups -OCH3 is 1. The van der Waals surface area contributed by atoms with E-state index in [0.29, 0.717) is 11.4 Å². The van der Waals surface area contributed by atoms with Crippen LogP contribution in [0.4, 0.5) is 5.69 Å². The Morgan fingerprint density at radius 3 is 2.00 bits per heavy atom. The third kappa shape index (κ3) is 3.18. The highest BCUT2D eigenvalue weighted by Crippen LogP contribution is 2.49. The number of rotatable bonds is 4. The fourth-order valence-electron chi connectivity index (χ4n) is 4.14. The van der Waals surface area contributed by atoms with Crippen molar-refractivity contribution in [3.8, 4) is 5.75 Å². The molecule has 0 saturated carbocycles. The van der Waals surface area contributed by atoms with Gasteiger partial charge in [0.15, 0.2) is 0 Å². The maximum absolute atomic E-state index is 13.4. The molecule has 3 heterocycles. The molecule has 1 saturated heterocycles. The van der Waals surface area contributed by atoms with E-state index in [9.17, 15) is 14.4 Å². The molecule has 0 aliphatic carbocycles. The molecular weight excluding hydrogens is 530 g/mol. The fourth-order valence-corrected chi connectivity index (χ4v) is 5.99. The number of carbonyl (C=O) groups is 3. The summed E-state index contributed by atoms with van der Waals surface area (Å²) in [5.41, 5.74) is 0.269. The number of imide groups is 1. The van der Waals surface area contributed by atoms with Gasteiger partial charge < -0.3 is 4.74 Å². The molecule has 2 aliphatic heterocycles. The maximum atomic E-state index is 13.4. The summed E-state index contributed by atoms with van der Waals surface area (Å²) < 4.78 is 5.28. The molecular formula is C22H12Cl4N2O4S. The van der Waals surface area contributed by atoms with Crippen LogP contribution in [0, 0.1) is 0 Å². The van der Waals surface area contributed by atoms with E-state index >= 15 is 0 Å². The van der Waals surface area contributed by atoms with Gasteiger partial charge in [0.2, 0.25) is 0 Å². The molecule has 3 amide bonds. The van der Waals surface area contributed by atoms with Gasteiger partial charge in [-0.05, 0) is 23.6 Å². The number of benzene rings is 2. The molecule has 6 nitrogen and oxygen atoms in total. The molecule has 1 aromatic heterocycles. The summed E-state index contributed by atoms with van der Waals surface area (Å²) >= 11 is 26.1. The monoisotopic (exact) mass is 540 g/mol. The summed E-state index contributed by atoms with van der Waals surface area (Å²) in [6.07, 6.45) is 0. The molecule has 11 heteroatoms. The molecule has 1 fully saturated rings. The number of thiophene rings is 1. The quantitative estimate of drug-likeness (QED) is 0.173. The minimum absolute atomic E-state index is 0.127. The first-order valence-corrected chi connectivity index (χ1v) is 11.9. The van der Waals surface area contributed by atoms with Crippen molar-refractivity contribution in [2.45, 2.75) is 12.1 Å². The number of β-lactam (4-membered cyclic amide) rings is 1. The molecule has 2 aliphatic rings. The Labute approximate surface area is 212 Å². The number of fused-ring (bicyclic) bond motifs is 1. The van der Waals surface area contributed by atoms with Crippen LogP contribution in [-0.2, 0) is 4.79 Å². The van der Waals surface area contributed by atoms with Crippen LogP contribution in [0.15, 0.2) is 41.8 Å². The normalized spacial score (nSPS) is 19.7. The highest BCUT2D eigenvalue weighted by atomic mass is 35.5. The Hall–Kier alpha value is -2.29. The average molecular weight is 542 g/mol. The molecule has 33 heavy (non-hydrogen) atoms. The van der Waals surface area contributed by atoms with E-state index in [1.165, 1.54) is 23.3 Å². The second-order valence-corrected chi connectivity index (χ2v) is 9.79. The van der Waals surface area contributed by atoms with Crippen molar-refractivity contribution in [3.63, 3.8) is 0 Å². The molecule has 0 spiro atoms. The zero-order valence-electron chi connectivity index (χ0n) is 16.6. The van der Waals surface area contributed by atoms with E-state index < -0.39 is 29.8 Å². The minimum Gasteiger partial charge on any atom is -0.497 e. The van der Waals surface area contributed by atoms with Gasteiger partial charge in [0, 0.05) is 16.6 Å². The number of amides is 3. The van der Waals surface area contributed by atoms with Gasteiger partial charge in [-0.25, -0.2) is 0 Å². The topological polar surface area (TPSA) is 66.9 Å². The second kappa shape index (κ2) is 8.18. The smallest absolute Gasteiger partial charge is 0.264 e. The van der Waals surface area contributed by atoms with Gasteiger partial charge in [-0.15, -0.1) is 11.3 Å². The Balaban J connectivity index is 1.61. The molecule has 0 N–H and O–H groups in total. The van der Waals surface area contributed by atoms with Gasteiger partial charge in [-0.3, -0.25) is 24.2 Å². The molecule has 0 radical (unpaired) electrons. The third-order valence-corrected chi connectivity index (χ3v) is 8.39. The van der Waals surface area contributed by atoms with E-state index in [1.54, 1.807) is 24.3 Å². The SMILES string of the molecule is COc1cccc(N2C(=O)[C@H](N3C(=O)c4c(Cl)c(Cl)c(Cl)c(Cl)c4C3=O)[C@@H]2c2cccs2)c1. The van der Waals surface area contributed by atoms with Gasteiger partial charge in [-0.2, -0.15) is 0 Å². The molecule has 168 valence electrons. The first kappa shape index (κ1) is 22.5. The molecule has 0 bridgehead atoms. The largest absolute Gasteiger partial charge is 0.497 e. The summed E-state index contributed by atoms with van der Waals surface area (Å²) in [7, 11) is 1.53. The number of halogens is 4. The highest BCUT2D eigenvalue weighted by molar-refractivity contribution is 7.10. The van der Waals surface area contributed by atoms with Crippen LogP contribution in [0.2, 0.25) is 20.1 Å². The van der Waals surface area contributed by atoms with E-state index in [4.69, 9.17) is 51.1 Å². The van der Waals surface area contributed by atoms with Crippen LogP contribution in [0.5, 0.6) is 5.75 Å². The fraction of sp³-hybridized carbons (Fsp3) is 0.136. The highest BCUT2D eigenvalue weighted by Gasteiger charge is 2.58. The van der Waals surface area contributed by atoms with E-state index in [-0.39, 0.29) is 31.2 Å². The van der Waals surface area contributed by atoms with Crippen molar-refractivity contribution in [1.29, 1.82) is 0 Å². The molecule has 0 unspecified atom stereocenters. The van der Waals surface area contributed by atoms with Crippen LogP contribution in [-0.4, -0.2) is 35.8 Å². The standard InChI is InChI=1S/C22H12Cl4N2O4S/c1-32-10-5-2-4-9(8-10)27-18(11-6-3-7-33-11)19(22(27)31)28-20(29)12-13(21(28)30)15(24)17(26)16(25)14(12)23/h2-8,18-19H,1H3/t18-,19+/m0/s1. The second-order valence-electron chi connectivity index (χ2n) is 7.30. The number of carbonyl (C=O) groups excluding carboxylic acids is 3. The number of hydrogen-bond acceptors (Lipinski definition) is 5. The first-order valence-electron chi connectivity index (χ1n) is 9.52. The van der Waals surface area contributed by atoms with Crippen molar-refractivity contribution in [2.75, 3.05) is 12.0 Å². The summed E-state index contributed by atoms with van der Waals surface area (Å²) in [6, 6.07) is 8.96. The zero-order valence-corrected chi connectivity index (χ0v) is 20.5. The van der Waals surface area contributed by atoms with Crippen LogP contribution in [0.1, 0.15) is 31.6 Å². The maximum Gasteiger partial charge on any atom is 0.264 e. The Kier molecular flexibility index (Phi) is 5.58. The van der Waals surface area contributed by atoms with Gasteiger partial charge in [0.05, 0.1) is 38.3 Å². The average Bonchev–Trinajstić information content (AvgIpc) is 3.42. The third-order valence-electron chi connectivity index (χ3n) is 5.64. The lowest BCUT2D eigenvalue weighted by atomic mass is 9.90. The van der Waals surface area contributed by atoms with Crippen molar-refractivity contribution in [3.05, 3.63) is 77.9 Å². The lowest BCUT2D eigenvalue weighted by Crippen LogP contribution is -2.67. The van der Waals surface area contributed by atoms with E-state index in [1.807, 2.05) is 17.5 Å². The molecule has 2 aromatic carbocycles. The Bertz CT molecular complexity index is 1300. The van der Waals surface area contributed by atoms with Crippen molar-refractivity contribution >= 4 is 81.1 Å². The minimum atomic E-state index is -1.09. The van der Waals surface area contributed by atoms with E-state index in [0.717, 1.165) is 9.78 Å². The Morgan fingerprint density at radius 1 is 0.818 bits per heavy atom. The molecule has 3 aromatic rings. The van der Waals surface area contributed by atoms with Gasteiger partial charge in [0.25, 0.3) is 17.7 Å². The predicted molar refractivity (Wildman–Crippen MR) is 128 cm³/mol. The van der Waals surface area contributed by atoms with Gasteiger partial charge in [-0.1, -0.05) is 58.5 Å². The van der Waals surface area contributed by atoms with Crippen LogP contribution in [0.25, 0.3) is 0 Å². The number of anilines is 1. The van der Waals surface area contributed by atoms with E-state index in [2.05, 4.69) is 0 Å². The summed E-state index contributed by atoms with van der Waals surface area (Å²) in [5, 5.41) is 1.25. The van der Waals surface area contributed by atoms with Crippen LogP contribution < -0.4 is 9.64 Å². The summed E-state index contributed by atoms with van der Waals surface area (Å²) in [4.78, 5) is 43.4. The Morgan fingerprint density at radius 2 is 1.45 bits per heavy atom. The van der Waals surface area contributed by atoms with Crippen molar-refractivity contribution < 1.29 is 19.1 Å². The lowest BCUT2D eigenvalue weighted by molar-refractivity contribution is -0.130. The van der Waals surface area contributed by atoms with Crippen molar-refractivity contribution in [1.82, 2.24) is 4.90 Å². The predicted octanol–water partition coefficient (Wildman–Crippen LogP) is 6.12. The molecule has 2 atom stereocenters. The van der Waals surface area contributed by atoms with Crippen molar-refractivity contribution in [2.24, 2.45) is 0 Å². The van der Waals surface area contributed by atoms with Gasteiger partial charge >= 0.3 is 0 Å². The number of ether oxygens (including phenoxy) is 1. The summed E-state index contributed by atoms with van der Waals surface area (Å²) in [5.74, 6) is -1.35.